The molecule has 62 heavy (non-hydrogen) atoms. The molecular formula is C57H36N4Si. The molecule has 0 aliphatic carbocycles. The fourth-order valence-electron chi connectivity index (χ4n) is 10.7. The molecule has 0 radical (unpaired) electrons. The molecule has 4 nitrogen and oxygen atoms in total. The number of aromatic nitrogens is 4. The number of rotatable bonds is 5. The average Bonchev–Trinajstić information content (AvgIpc) is 3.97. The molecule has 11 aromatic rings. The average molecular weight is 805 g/mol. The minimum atomic E-state index is -3.13. The van der Waals surface area contributed by atoms with Gasteiger partial charge in [-0.3, -0.25) is 0 Å². The maximum Gasteiger partial charge on any atom is 0.183 e. The smallest absolute Gasteiger partial charge is 0.183 e. The molecule has 2 aliphatic rings. The maximum atomic E-state index is 5.39. The first kappa shape index (κ1) is 34.8. The van der Waals surface area contributed by atoms with Crippen molar-refractivity contribution in [3.8, 4) is 73.2 Å². The van der Waals surface area contributed by atoms with E-state index in [-0.39, 0.29) is 0 Å². The molecule has 0 fully saturated rings. The molecule has 0 saturated carbocycles. The molecule has 4 heterocycles. The van der Waals surface area contributed by atoms with Crippen LogP contribution in [0.15, 0.2) is 218 Å². The van der Waals surface area contributed by atoms with Gasteiger partial charge in [0, 0.05) is 38.7 Å². The van der Waals surface area contributed by atoms with E-state index in [1.165, 1.54) is 75.9 Å². The van der Waals surface area contributed by atoms with E-state index in [4.69, 9.17) is 15.0 Å². The van der Waals surface area contributed by atoms with Crippen molar-refractivity contribution in [2.75, 3.05) is 0 Å². The van der Waals surface area contributed by atoms with E-state index >= 15 is 0 Å². The van der Waals surface area contributed by atoms with Crippen molar-refractivity contribution in [1.82, 2.24) is 19.5 Å². The van der Waals surface area contributed by atoms with E-state index in [2.05, 4.69) is 187 Å². The van der Waals surface area contributed by atoms with Crippen LogP contribution in [-0.2, 0) is 0 Å². The first-order valence-electron chi connectivity index (χ1n) is 21.2. The van der Waals surface area contributed by atoms with Crippen LogP contribution in [0.2, 0.25) is 0 Å². The lowest BCUT2D eigenvalue weighted by Crippen LogP contribution is -2.71. The van der Waals surface area contributed by atoms with Crippen LogP contribution < -0.4 is 20.7 Å². The summed E-state index contributed by atoms with van der Waals surface area (Å²) in [5.74, 6) is 2.00. The predicted molar refractivity (Wildman–Crippen MR) is 258 cm³/mol. The highest BCUT2D eigenvalue weighted by molar-refractivity contribution is 7.25. The lowest BCUT2D eigenvalue weighted by molar-refractivity contribution is 1.08. The van der Waals surface area contributed by atoms with Crippen molar-refractivity contribution in [2.45, 2.75) is 0 Å². The van der Waals surface area contributed by atoms with Crippen LogP contribution in [0.4, 0.5) is 0 Å². The third kappa shape index (κ3) is 4.85. The van der Waals surface area contributed by atoms with Gasteiger partial charge in [0.2, 0.25) is 0 Å². The van der Waals surface area contributed by atoms with Gasteiger partial charge in [-0.2, -0.15) is 0 Å². The number of para-hydroxylation sites is 3. The molecule has 1 unspecified atom stereocenters. The van der Waals surface area contributed by atoms with Crippen LogP contribution in [-0.4, -0.2) is 27.6 Å². The van der Waals surface area contributed by atoms with Gasteiger partial charge in [0.25, 0.3) is 0 Å². The molecule has 13 rings (SSSR count). The standard InChI is InChI=1S/C57H36N4Si/c1-4-19-37(20-5-1)55-58-56(38-21-6-2-7-22-38)60-57(59-55)48-33-18-31-46-42-27-12-15-36-51(42)62(54(46)48)50-35-14-11-26-41(50)45-30-17-32-47(53(45)62)44-29-16-28-43-40-25-10-13-34-49(40)61(52(43)44)39-23-8-3-9-24-39/h1-36H. The normalized spacial score (nSPS) is 14.5. The first-order chi connectivity index (χ1) is 30.8. The van der Waals surface area contributed by atoms with E-state index in [0.29, 0.717) is 17.5 Å². The van der Waals surface area contributed by atoms with Gasteiger partial charge < -0.3 is 4.57 Å². The second-order valence-corrected chi connectivity index (χ2v) is 19.8. The summed E-state index contributed by atoms with van der Waals surface area (Å²) in [6, 6.07) is 79.3. The molecule has 0 saturated heterocycles. The summed E-state index contributed by atoms with van der Waals surface area (Å²) in [7, 11) is -3.13. The van der Waals surface area contributed by atoms with Crippen molar-refractivity contribution in [1.29, 1.82) is 0 Å². The summed E-state index contributed by atoms with van der Waals surface area (Å²) >= 11 is 0. The van der Waals surface area contributed by atoms with Crippen LogP contribution in [0.5, 0.6) is 0 Å². The van der Waals surface area contributed by atoms with Gasteiger partial charge in [-0.15, -0.1) is 0 Å². The summed E-state index contributed by atoms with van der Waals surface area (Å²) in [5.41, 5.74) is 14.1. The summed E-state index contributed by atoms with van der Waals surface area (Å²) in [5, 5.41) is 8.03. The van der Waals surface area contributed by atoms with E-state index in [1.54, 1.807) is 0 Å². The third-order valence-corrected chi connectivity index (χ3v) is 18.1. The number of nitrogens with zero attached hydrogens (tertiary/aromatic N) is 4. The third-order valence-electron chi connectivity index (χ3n) is 13.1. The van der Waals surface area contributed by atoms with Gasteiger partial charge in [-0.1, -0.05) is 200 Å². The SMILES string of the molecule is c1ccc(-c2nc(-c3ccccc3)nc(-c3cccc4c3[Si]3(c5ccccc5-4)c4ccccc4-c4cccc(-c5cccc6c7ccccc7n(-c7ccccc7)c56)c43)n2)cc1. The van der Waals surface area contributed by atoms with Crippen molar-refractivity contribution in [3.63, 3.8) is 0 Å². The maximum absolute atomic E-state index is 5.39. The highest BCUT2D eigenvalue weighted by atomic mass is 28.3. The van der Waals surface area contributed by atoms with Gasteiger partial charge in [0.1, 0.15) is 0 Å². The minimum absolute atomic E-state index is 0.659. The van der Waals surface area contributed by atoms with Gasteiger partial charge in [-0.05, 0) is 66.8 Å². The summed E-state index contributed by atoms with van der Waals surface area (Å²) < 4.78 is 2.47. The first-order valence-corrected chi connectivity index (χ1v) is 23.2. The number of fused-ring (bicyclic) bond motifs is 13. The summed E-state index contributed by atoms with van der Waals surface area (Å²) in [4.78, 5) is 15.9. The fraction of sp³-hybridized carbons (Fsp3) is 0. The zero-order valence-electron chi connectivity index (χ0n) is 33.6. The Hall–Kier alpha value is -7.99. The number of benzene rings is 9. The zero-order valence-corrected chi connectivity index (χ0v) is 34.6. The Morgan fingerprint density at radius 2 is 0.726 bits per heavy atom. The van der Waals surface area contributed by atoms with Crippen LogP contribution >= 0.6 is 0 Å². The lowest BCUT2D eigenvalue weighted by atomic mass is 9.97. The molecule has 1 spiro atoms. The molecule has 5 heteroatoms. The Balaban J connectivity index is 1.17. The quantitative estimate of drug-likeness (QED) is 0.163. The second-order valence-electron chi connectivity index (χ2n) is 16.2. The highest BCUT2D eigenvalue weighted by Crippen LogP contribution is 2.44. The number of hydrogen-bond acceptors (Lipinski definition) is 3. The summed E-state index contributed by atoms with van der Waals surface area (Å²) in [6.07, 6.45) is 0. The molecular weight excluding hydrogens is 769 g/mol. The highest BCUT2D eigenvalue weighted by Gasteiger charge is 2.56. The Bertz CT molecular complexity index is 3510. The van der Waals surface area contributed by atoms with Crippen molar-refractivity contribution >= 4 is 50.6 Å². The molecule has 2 aromatic heterocycles. The molecule has 1 atom stereocenters. The molecule has 0 N–H and O–H groups in total. The van der Waals surface area contributed by atoms with Crippen LogP contribution in [0.25, 0.3) is 95.0 Å². The Morgan fingerprint density at radius 1 is 0.306 bits per heavy atom. The van der Waals surface area contributed by atoms with E-state index in [9.17, 15) is 0 Å². The number of hydrogen-bond donors (Lipinski definition) is 0. The molecule has 9 aromatic carbocycles. The zero-order chi connectivity index (χ0) is 40.8. The molecule has 0 amide bonds. The fourth-order valence-corrected chi connectivity index (χ4v) is 16.7. The van der Waals surface area contributed by atoms with Crippen LogP contribution in [0, 0.1) is 0 Å². The minimum Gasteiger partial charge on any atom is -0.309 e. The van der Waals surface area contributed by atoms with E-state index in [0.717, 1.165) is 22.4 Å². The topological polar surface area (TPSA) is 43.6 Å². The van der Waals surface area contributed by atoms with Crippen molar-refractivity contribution in [2.24, 2.45) is 0 Å². The van der Waals surface area contributed by atoms with Crippen LogP contribution in [0.1, 0.15) is 0 Å². The van der Waals surface area contributed by atoms with Crippen molar-refractivity contribution in [3.05, 3.63) is 218 Å². The molecule has 0 bridgehead atoms. The van der Waals surface area contributed by atoms with Gasteiger partial charge in [0.05, 0.1) is 11.0 Å². The monoisotopic (exact) mass is 804 g/mol. The Labute approximate surface area is 360 Å². The Morgan fingerprint density at radius 3 is 1.35 bits per heavy atom. The van der Waals surface area contributed by atoms with Gasteiger partial charge >= 0.3 is 0 Å². The summed E-state index contributed by atoms with van der Waals surface area (Å²) in [6.45, 7) is 0. The predicted octanol–water partition coefficient (Wildman–Crippen LogP) is 11.0. The van der Waals surface area contributed by atoms with E-state index < -0.39 is 8.07 Å². The lowest BCUT2D eigenvalue weighted by Gasteiger charge is -2.31. The van der Waals surface area contributed by atoms with Crippen molar-refractivity contribution < 1.29 is 0 Å². The Kier molecular flexibility index (Phi) is 7.59. The largest absolute Gasteiger partial charge is 0.309 e. The second kappa shape index (κ2) is 13.5. The molecule has 2 aliphatic heterocycles. The van der Waals surface area contributed by atoms with Gasteiger partial charge in [-0.25, -0.2) is 15.0 Å². The molecule has 288 valence electrons. The van der Waals surface area contributed by atoms with E-state index in [1.807, 2.05) is 36.4 Å². The van der Waals surface area contributed by atoms with Gasteiger partial charge in [0.15, 0.2) is 25.5 Å². The van der Waals surface area contributed by atoms with Crippen LogP contribution in [0.3, 0.4) is 0 Å².